The molecule has 26 heavy (non-hydrogen) atoms. The highest BCUT2D eigenvalue weighted by Gasteiger charge is 2.18. The van der Waals surface area contributed by atoms with Gasteiger partial charge in [0.2, 0.25) is 5.89 Å². The highest BCUT2D eigenvalue weighted by molar-refractivity contribution is 5.83. The lowest BCUT2D eigenvalue weighted by Crippen LogP contribution is -1.94. The normalized spacial score (nSPS) is 11.1. The Morgan fingerprint density at radius 1 is 0.654 bits per heavy atom. The monoisotopic (exact) mass is 336 g/mol. The van der Waals surface area contributed by atoms with Gasteiger partial charge in [0.15, 0.2) is 11.6 Å². The average Bonchev–Trinajstić information content (AvgIpc) is 3.34. The molecule has 5 rings (SSSR count). The van der Waals surface area contributed by atoms with Crippen molar-refractivity contribution in [1.82, 2.24) is 9.55 Å². The van der Waals surface area contributed by atoms with Crippen LogP contribution in [0.15, 0.2) is 102 Å². The third-order valence-electron chi connectivity index (χ3n) is 4.49. The molecule has 5 aromatic rings. The predicted molar refractivity (Wildman–Crippen MR) is 104 cm³/mol. The Hall–Kier alpha value is -3.59. The molecule has 124 valence electrons. The Balaban J connectivity index is 1.77. The fourth-order valence-electron chi connectivity index (χ4n) is 3.22. The van der Waals surface area contributed by atoms with Crippen molar-refractivity contribution >= 4 is 10.9 Å². The first kappa shape index (κ1) is 14.7. The van der Waals surface area contributed by atoms with Crippen molar-refractivity contribution in [2.45, 2.75) is 0 Å². The SMILES string of the molecule is c1ccc(-c2nc(-n3ccc4ccccc43)c(-c3ccccc3)o2)cc1. The average molecular weight is 336 g/mol. The van der Waals surface area contributed by atoms with Crippen LogP contribution >= 0.6 is 0 Å². The molecule has 0 fully saturated rings. The van der Waals surface area contributed by atoms with Crippen LogP contribution in [0.2, 0.25) is 0 Å². The van der Waals surface area contributed by atoms with Gasteiger partial charge in [-0.25, -0.2) is 0 Å². The fraction of sp³-hybridized carbons (Fsp3) is 0. The second-order valence-electron chi connectivity index (χ2n) is 6.15. The molecule has 3 heteroatoms. The van der Waals surface area contributed by atoms with Crippen LogP contribution in [0.5, 0.6) is 0 Å². The number of rotatable bonds is 3. The summed E-state index contributed by atoms with van der Waals surface area (Å²) in [6.45, 7) is 0. The first-order chi connectivity index (χ1) is 12.9. The molecule has 0 N–H and O–H groups in total. The van der Waals surface area contributed by atoms with E-state index in [0.717, 1.165) is 28.2 Å². The van der Waals surface area contributed by atoms with Gasteiger partial charge >= 0.3 is 0 Å². The van der Waals surface area contributed by atoms with E-state index in [1.165, 1.54) is 5.39 Å². The van der Waals surface area contributed by atoms with Crippen LogP contribution in [-0.2, 0) is 0 Å². The summed E-state index contributed by atoms with van der Waals surface area (Å²) in [7, 11) is 0. The maximum Gasteiger partial charge on any atom is 0.228 e. The minimum absolute atomic E-state index is 0.622. The first-order valence-electron chi connectivity index (χ1n) is 8.58. The van der Waals surface area contributed by atoms with Crippen molar-refractivity contribution in [3.05, 3.63) is 97.2 Å². The lowest BCUT2D eigenvalue weighted by atomic mass is 10.2. The van der Waals surface area contributed by atoms with Gasteiger partial charge in [0.1, 0.15) is 0 Å². The molecule has 0 aliphatic heterocycles. The summed E-state index contributed by atoms with van der Waals surface area (Å²) in [6.07, 6.45) is 2.05. The van der Waals surface area contributed by atoms with Crippen LogP contribution in [0.1, 0.15) is 0 Å². The van der Waals surface area contributed by atoms with E-state index in [1.54, 1.807) is 0 Å². The van der Waals surface area contributed by atoms with Gasteiger partial charge in [0.25, 0.3) is 0 Å². The number of fused-ring (bicyclic) bond motifs is 1. The Morgan fingerprint density at radius 2 is 1.31 bits per heavy atom. The molecule has 0 radical (unpaired) electrons. The van der Waals surface area contributed by atoms with E-state index in [1.807, 2.05) is 79.0 Å². The zero-order valence-corrected chi connectivity index (χ0v) is 14.0. The summed E-state index contributed by atoms with van der Waals surface area (Å²) in [5.41, 5.74) is 3.08. The predicted octanol–water partition coefficient (Wildman–Crippen LogP) is 5.95. The smallest absolute Gasteiger partial charge is 0.228 e. The van der Waals surface area contributed by atoms with Gasteiger partial charge in [-0.1, -0.05) is 66.7 Å². The topological polar surface area (TPSA) is 31.0 Å². The second kappa shape index (κ2) is 6.05. The zero-order chi connectivity index (χ0) is 17.3. The number of hydrogen-bond donors (Lipinski definition) is 0. The van der Waals surface area contributed by atoms with E-state index in [4.69, 9.17) is 9.40 Å². The minimum Gasteiger partial charge on any atom is -0.434 e. The largest absolute Gasteiger partial charge is 0.434 e. The molecule has 0 aliphatic carbocycles. The number of oxazole rings is 1. The van der Waals surface area contributed by atoms with Crippen molar-refractivity contribution in [2.75, 3.05) is 0 Å². The molecular formula is C23H16N2O. The van der Waals surface area contributed by atoms with Crippen LogP contribution in [0, 0.1) is 0 Å². The molecule has 3 nitrogen and oxygen atoms in total. The van der Waals surface area contributed by atoms with Crippen molar-refractivity contribution in [3.63, 3.8) is 0 Å². The fourth-order valence-corrected chi connectivity index (χ4v) is 3.22. The number of hydrogen-bond acceptors (Lipinski definition) is 2. The molecule has 0 spiro atoms. The number of benzene rings is 3. The lowest BCUT2D eigenvalue weighted by molar-refractivity contribution is 0.588. The quantitative estimate of drug-likeness (QED) is 0.407. The minimum atomic E-state index is 0.622. The highest BCUT2D eigenvalue weighted by atomic mass is 16.4. The third kappa shape index (κ3) is 2.42. The van der Waals surface area contributed by atoms with Crippen molar-refractivity contribution in [3.8, 4) is 28.6 Å². The first-order valence-corrected chi connectivity index (χ1v) is 8.58. The van der Waals surface area contributed by atoms with Gasteiger partial charge < -0.3 is 4.42 Å². The molecule has 0 bridgehead atoms. The van der Waals surface area contributed by atoms with Gasteiger partial charge in [-0.3, -0.25) is 4.57 Å². The Morgan fingerprint density at radius 3 is 2.08 bits per heavy atom. The van der Waals surface area contributed by atoms with Gasteiger partial charge in [-0.2, -0.15) is 4.98 Å². The van der Waals surface area contributed by atoms with Gasteiger partial charge in [-0.15, -0.1) is 0 Å². The Kier molecular flexibility index (Phi) is 3.42. The molecule has 0 atom stereocenters. The van der Waals surface area contributed by atoms with E-state index in [0.29, 0.717) is 5.89 Å². The van der Waals surface area contributed by atoms with E-state index in [-0.39, 0.29) is 0 Å². The second-order valence-corrected chi connectivity index (χ2v) is 6.15. The molecular weight excluding hydrogens is 320 g/mol. The maximum absolute atomic E-state index is 6.23. The van der Waals surface area contributed by atoms with Crippen molar-refractivity contribution in [1.29, 1.82) is 0 Å². The molecule has 0 saturated carbocycles. The molecule has 0 saturated heterocycles. The van der Waals surface area contributed by atoms with Crippen LogP contribution in [-0.4, -0.2) is 9.55 Å². The summed E-state index contributed by atoms with van der Waals surface area (Å²) in [4.78, 5) is 4.85. The Labute approximate surface area is 151 Å². The van der Waals surface area contributed by atoms with Crippen LogP contribution in [0.25, 0.3) is 39.5 Å². The summed E-state index contributed by atoms with van der Waals surface area (Å²) in [5, 5.41) is 1.18. The number of aromatic nitrogens is 2. The van der Waals surface area contributed by atoms with E-state index < -0.39 is 0 Å². The van der Waals surface area contributed by atoms with Gasteiger partial charge in [0.05, 0.1) is 5.52 Å². The maximum atomic E-state index is 6.23. The lowest BCUT2D eigenvalue weighted by Gasteiger charge is -2.04. The summed E-state index contributed by atoms with van der Waals surface area (Å²) < 4.78 is 8.32. The van der Waals surface area contributed by atoms with Gasteiger partial charge in [-0.05, 0) is 29.7 Å². The van der Waals surface area contributed by atoms with Crippen molar-refractivity contribution in [2.24, 2.45) is 0 Å². The van der Waals surface area contributed by atoms with Crippen LogP contribution in [0.3, 0.4) is 0 Å². The highest BCUT2D eigenvalue weighted by Crippen LogP contribution is 2.33. The Bertz CT molecular complexity index is 1170. The molecule has 0 unspecified atom stereocenters. The zero-order valence-electron chi connectivity index (χ0n) is 14.0. The van der Waals surface area contributed by atoms with E-state index >= 15 is 0 Å². The standard InChI is InChI=1S/C23H16N2O/c1-3-10-18(11-4-1)21-22(24-23(26-21)19-12-5-2-6-13-19)25-16-15-17-9-7-8-14-20(17)25/h1-16H. The van der Waals surface area contributed by atoms with E-state index in [2.05, 4.69) is 22.8 Å². The van der Waals surface area contributed by atoms with Crippen molar-refractivity contribution < 1.29 is 4.42 Å². The number of nitrogens with zero attached hydrogens (tertiary/aromatic N) is 2. The molecule has 0 amide bonds. The number of para-hydroxylation sites is 1. The molecule has 2 aromatic heterocycles. The summed E-state index contributed by atoms with van der Waals surface area (Å²) >= 11 is 0. The van der Waals surface area contributed by atoms with Gasteiger partial charge in [0, 0.05) is 17.3 Å². The molecule has 3 aromatic carbocycles. The van der Waals surface area contributed by atoms with Crippen LogP contribution in [0.4, 0.5) is 0 Å². The van der Waals surface area contributed by atoms with E-state index in [9.17, 15) is 0 Å². The summed E-state index contributed by atoms with van der Waals surface area (Å²) in [6, 6.07) is 30.5. The van der Waals surface area contributed by atoms with Crippen LogP contribution < -0.4 is 0 Å². The molecule has 2 heterocycles. The third-order valence-corrected chi connectivity index (χ3v) is 4.49. The summed E-state index contributed by atoms with van der Waals surface area (Å²) in [5.74, 6) is 2.19. The molecule has 0 aliphatic rings.